The number of pyridine rings is 1. The van der Waals surface area contributed by atoms with E-state index in [1.165, 1.54) is 0 Å². The first-order valence-electron chi connectivity index (χ1n) is 7.18. The standard InChI is InChI=1S/C15H22ClN3O2/c1-15(2,3)18-14(20)19-8-4-5-11(10-19)21-13-6-7-17-9-12(13)16/h6-7,9,11H,4-5,8,10H2,1-3H3,(H,18,20). The van der Waals surface area contributed by atoms with Crippen LogP contribution in [0.3, 0.4) is 0 Å². The van der Waals surface area contributed by atoms with E-state index in [4.69, 9.17) is 16.3 Å². The van der Waals surface area contributed by atoms with Crippen LogP contribution in [0.2, 0.25) is 5.02 Å². The molecule has 0 aromatic carbocycles. The SMILES string of the molecule is CC(C)(C)NC(=O)N1CCCC(Oc2ccncc2Cl)C1. The summed E-state index contributed by atoms with van der Waals surface area (Å²) in [7, 11) is 0. The smallest absolute Gasteiger partial charge is 0.317 e. The summed E-state index contributed by atoms with van der Waals surface area (Å²) in [5.41, 5.74) is -0.237. The number of halogens is 1. The molecule has 1 fully saturated rings. The van der Waals surface area contributed by atoms with Crippen LogP contribution in [0.1, 0.15) is 33.6 Å². The number of aromatic nitrogens is 1. The maximum atomic E-state index is 12.2. The molecule has 1 aromatic rings. The molecule has 0 aliphatic carbocycles. The first-order valence-corrected chi connectivity index (χ1v) is 7.56. The van der Waals surface area contributed by atoms with Gasteiger partial charge in [0.2, 0.25) is 0 Å². The van der Waals surface area contributed by atoms with Gasteiger partial charge in [0.1, 0.15) is 16.9 Å². The van der Waals surface area contributed by atoms with Crippen molar-refractivity contribution >= 4 is 17.6 Å². The Kier molecular flexibility index (Phi) is 4.93. The number of piperidine rings is 1. The molecule has 1 unspecified atom stereocenters. The predicted molar refractivity (Wildman–Crippen MR) is 82.8 cm³/mol. The second-order valence-electron chi connectivity index (χ2n) is 6.31. The van der Waals surface area contributed by atoms with E-state index in [2.05, 4.69) is 10.3 Å². The van der Waals surface area contributed by atoms with Crippen molar-refractivity contribution in [2.45, 2.75) is 45.3 Å². The normalized spacial score (nSPS) is 19.2. The Morgan fingerprint density at radius 1 is 1.52 bits per heavy atom. The molecule has 5 nitrogen and oxygen atoms in total. The Morgan fingerprint density at radius 2 is 2.29 bits per heavy atom. The van der Waals surface area contributed by atoms with Crippen molar-refractivity contribution in [2.24, 2.45) is 0 Å². The van der Waals surface area contributed by atoms with Crippen molar-refractivity contribution in [3.05, 3.63) is 23.5 Å². The molecule has 0 saturated carbocycles. The van der Waals surface area contributed by atoms with Crippen molar-refractivity contribution in [3.8, 4) is 5.75 Å². The van der Waals surface area contributed by atoms with Crippen molar-refractivity contribution in [1.29, 1.82) is 0 Å². The maximum Gasteiger partial charge on any atom is 0.317 e. The summed E-state index contributed by atoms with van der Waals surface area (Å²) >= 11 is 6.05. The van der Waals surface area contributed by atoms with Gasteiger partial charge >= 0.3 is 6.03 Å². The zero-order chi connectivity index (χ0) is 15.5. The molecule has 2 amide bonds. The fourth-order valence-electron chi connectivity index (χ4n) is 2.26. The summed E-state index contributed by atoms with van der Waals surface area (Å²) in [6.07, 6.45) is 5.00. The Balaban J connectivity index is 1.95. The lowest BCUT2D eigenvalue weighted by atomic mass is 10.1. The Morgan fingerprint density at radius 3 is 2.95 bits per heavy atom. The summed E-state index contributed by atoms with van der Waals surface area (Å²) in [6.45, 7) is 7.24. The molecule has 1 aliphatic heterocycles. The molecule has 1 atom stereocenters. The molecule has 2 rings (SSSR count). The van der Waals surface area contributed by atoms with Gasteiger partial charge in [-0.2, -0.15) is 0 Å². The number of ether oxygens (including phenoxy) is 1. The minimum atomic E-state index is -0.237. The van der Waals surface area contributed by atoms with Crippen molar-refractivity contribution in [2.75, 3.05) is 13.1 Å². The molecule has 21 heavy (non-hydrogen) atoms. The first-order chi connectivity index (χ1) is 9.85. The van der Waals surface area contributed by atoms with Crippen molar-refractivity contribution in [3.63, 3.8) is 0 Å². The van der Waals surface area contributed by atoms with Gasteiger partial charge in [-0.25, -0.2) is 4.79 Å². The van der Waals surface area contributed by atoms with E-state index >= 15 is 0 Å². The van der Waals surface area contributed by atoms with E-state index in [1.807, 2.05) is 20.8 Å². The summed E-state index contributed by atoms with van der Waals surface area (Å²) in [5.74, 6) is 0.620. The highest BCUT2D eigenvalue weighted by atomic mass is 35.5. The fourth-order valence-corrected chi connectivity index (χ4v) is 2.42. The summed E-state index contributed by atoms with van der Waals surface area (Å²) in [5, 5.41) is 3.47. The summed E-state index contributed by atoms with van der Waals surface area (Å²) < 4.78 is 5.90. The van der Waals surface area contributed by atoms with Crippen LogP contribution >= 0.6 is 11.6 Å². The predicted octanol–water partition coefficient (Wildman–Crippen LogP) is 3.09. The number of rotatable bonds is 2. The van der Waals surface area contributed by atoms with E-state index in [1.54, 1.807) is 23.4 Å². The number of carbonyl (C=O) groups excluding carboxylic acids is 1. The largest absolute Gasteiger partial charge is 0.487 e. The van der Waals surface area contributed by atoms with Gasteiger partial charge in [-0.15, -0.1) is 0 Å². The lowest BCUT2D eigenvalue weighted by molar-refractivity contribution is 0.0987. The summed E-state index contributed by atoms with van der Waals surface area (Å²) in [6, 6.07) is 1.70. The average molecular weight is 312 g/mol. The molecule has 1 N–H and O–H groups in total. The zero-order valence-corrected chi connectivity index (χ0v) is 13.5. The Labute approximate surface area is 130 Å². The Bertz CT molecular complexity index is 502. The highest BCUT2D eigenvalue weighted by Gasteiger charge is 2.27. The number of amides is 2. The van der Waals surface area contributed by atoms with Gasteiger partial charge in [0.15, 0.2) is 0 Å². The van der Waals surface area contributed by atoms with Crippen LogP contribution in [0.25, 0.3) is 0 Å². The number of hydrogen-bond acceptors (Lipinski definition) is 3. The molecule has 0 radical (unpaired) electrons. The van der Waals surface area contributed by atoms with Gasteiger partial charge in [0.05, 0.1) is 6.54 Å². The number of nitrogens with one attached hydrogen (secondary N) is 1. The van der Waals surface area contributed by atoms with E-state index in [0.29, 0.717) is 17.3 Å². The minimum absolute atomic E-state index is 0.0376. The number of urea groups is 1. The fraction of sp³-hybridized carbons (Fsp3) is 0.600. The van der Waals surface area contributed by atoms with Crippen LogP contribution in [-0.4, -0.2) is 40.6 Å². The van der Waals surface area contributed by atoms with E-state index in [0.717, 1.165) is 19.4 Å². The van der Waals surface area contributed by atoms with Gasteiger partial charge in [0.25, 0.3) is 0 Å². The van der Waals surface area contributed by atoms with Crippen LogP contribution in [-0.2, 0) is 0 Å². The van der Waals surface area contributed by atoms with E-state index in [9.17, 15) is 4.79 Å². The summed E-state index contributed by atoms with van der Waals surface area (Å²) in [4.78, 5) is 17.9. The molecule has 2 heterocycles. The Hall–Kier alpha value is -1.49. The first kappa shape index (κ1) is 15.9. The second-order valence-corrected chi connectivity index (χ2v) is 6.72. The maximum absolute atomic E-state index is 12.2. The molecule has 116 valence electrons. The molecule has 1 aromatic heterocycles. The average Bonchev–Trinajstić information content (AvgIpc) is 2.40. The highest BCUT2D eigenvalue weighted by molar-refractivity contribution is 6.31. The third-order valence-electron chi connectivity index (χ3n) is 3.18. The van der Waals surface area contributed by atoms with E-state index < -0.39 is 0 Å². The van der Waals surface area contributed by atoms with Gasteiger partial charge in [0, 0.05) is 30.5 Å². The van der Waals surface area contributed by atoms with Crippen LogP contribution in [0.15, 0.2) is 18.5 Å². The lowest BCUT2D eigenvalue weighted by Crippen LogP contribution is -2.53. The molecule has 1 aliphatic rings. The molecule has 0 bridgehead atoms. The quantitative estimate of drug-likeness (QED) is 0.913. The van der Waals surface area contributed by atoms with Crippen molar-refractivity contribution in [1.82, 2.24) is 15.2 Å². The van der Waals surface area contributed by atoms with Crippen LogP contribution in [0.4, 0.5) is 4.79 Å². The van der Waals surface area contributed by atoms with Crippen molar-refractivity contribution < 1.29 is 9.53 Å². The van der Waals surface area contributed by atoms with Crippen LogP contribution in [0.5, 0.6) is 5.75 Å². The zero-order valence-electron chi connectivity index (χ0n) is 12.7. The van der Waals surface area contributed by atoms with Gasteiger partial charge < -0.3 is 15.0 Å². The van der Waals surface area contributed by atoms with Crippen LogP contribution < -0.4 is 10.1 Å². The third-order valence-corrected chi connectivity index (χ3v) is 3.46. The number of likely N-dealkylation sites (tertiary alicyclic amines) is 1. The van der Waals surface area contributed by atoms with Crippen LogP contribution in [0, 0.1) is 0 Å². The van der Waals surface area contributed by atoms with E-state index in [-0.39, 0.29) is 17.7 Å². The topological polar surface area (TPSA) is 54.5 Å². The monoisotopic (exact) mass is 311 g/mol. The number of hydrogen-bond donors (Lipinski definition) is 1. The number of nitrogens with zero attached hydrogens (tertiary/aromatic N) is 2. The lowest BCUT2D eigenvalue weighted by Gasteiger charge is -2.35. The third kappa shape index (κ3) is 4.77. The number of carbonyl (C=O) groups is 1. The van der Waals surface area contributed by atoms with Gasteiger partial charge in [-0.3, -0.25) is 4.98 Å². The van der Waals surface area contributed by atoms with Gasteiger partial charge in [-0.05, 0) is 33.6 Å². The molecule has 1 saturated heterocycles. The molecular weight excluding hydrogens is 290 g/mol. The molecule has 6 heteroatoms. The molecular formula is C15H22ClN3O2. The molecule has 0 spiro atoms. The minimum Gasteiger partial charge on any atom is -0.487 e. The highest BCUT2D eigenvalue weighted by Crippen LogP contribution is 2.25. The van der Waals surface area contributed by atoms with Gasteiger partial charge in [-0.1, -0.05) is 11.6 Å². The second kappa shape index (κ2) is 6.52.